The third kappa shape index (κ3) is 3.03. The normalized spacial score (nSPS) is 20.4. The van der Waals surface area contributed by atoms with Crippen molar-refractivity contribution in [2.45, 2.75) is 24.7 Å². The topological polar surface area (TPSA) is 72.9 Å². The highest BCUT2D eigenvalue weighted by atomic mass is 35.5. The molecule has 0 bridgehead atoms. The summed E-state index contributed by atoms with van der Waals surface area (Å²) in [5.41, 5.74) is 5.42. The van der Waals surface area contributed by atoms with Crippen LogP contribution in [0.25, 0.3) is 0 Å². The molecule has 24 heavy (non-hydrogen) atoms. The summed E-state index contributed by atoms with van der Waals surface area (Å²) in [6.07, 6.45) is -4.85. The van der Waals surface area contributed by atoms with E-state index in [9.17, 15) is 18.0 Å². The van der Waals surface area contributed by atoms with Gasteiger partial charge in [0.05, 0.1) is 16.1 Å². The summed E-state index contributed by atoms with van der Waals surface area (Å²) in [6, 6.07) is 3.27. The van der Waals surface area contributed by atoms with Gasteiger partial charge in [-0.05, 0) is 17.7 Å². The lowest BCUT2D eigenvalue weighted by Gasteiger charge is -2.33. The highest BCUT2D eigenvalue weighted by Gasteiger charge is 2.46. The SMILES string of the molecule is NC(=O)c1cc2n(n1)[C@@H](C(F)(F)F)C[C@@H](c1ccc(Cl)c(Cl)c1)N2. The zero-order chi connectivity index (χ0) is 17.6. The molecule has 0 saturated carbocycles. The van der Waals surface area contributed by atoms with Crippen molar-refractivity contribution in [1.82, 2.24) is 9.78 Å². The van der Waals surface area contributed by atoms with Crippen LogP contribution < -0.4 is 11.1 Å². The number of nitrogens with two attached hydrogens (primary N) is 1. The van der Waals surface area contributed by atoms with Crippen LogP contribution in [0, 0.1) is 0 Å². The van der Waals surface area contributed by atoms with Crippen LogP contribution in [-0.2, 0) is 0 Å². The number of carbonyl (C=O) groups excluding carboxylic acids is 1. The molecule has 3 N–H and O–H groups in total. The largest absolute Gasteiger partial charge is 0.410 e. The van der Waals surface area contributed by atoms with E-state index in [1.165, 1.54) is 18.2 Å². The fraction of sp³-hybridized carbons (Fsp3) is 0.286. The van der Waals surface area contributed by atoms with E-state index in [4.69, 9.17) is 28.9 Å². The van der Waals surface area contributed by atoms with Crippen LogP contribution in [0.5, 0.6) is 0 Å². The molecule has 0 aliphatic carbocycles. The van der Waals surface area contributed by atoms with Crippen molar-refractivity contribution >= 4 is 34.9 Å². The molecule has 3 rings (SSSR count). The van der Waals surface area contributed by atoms with Crippen molar-refractivity contribution in [3.63, 3.8) is 0 Å². The predicted molar refractivity (Wildman–Crippen MR) is 83.3 cm³/mol. The van der Waals surface area contributed by atoms with Crippen LogP contribution >= 0.6 is 23.2 Å². The van der Waals surface area contributed by atoms with Gasteiger partial charge in [0.15, 0.2) is 11.7 Å². The van der Waals surface area contributed by atoms with Crippen molar-refractivity contribution in [2.75, 3.05) is 5.32 Å². The Balaban J connectivity index is 2.03. The van der Waals surface area contributed by atoms with Crippen LogP contribution in [0.1, 0.15) is 34.6 Å². The first-order valence-corrected chi connectivity index (χ1v) is 7.60. The minimum Gasteiger partial charge on any atom is -0.364 e. The molecule has 5 nitrogen and oxygen atoms in total. The number of aromatic nitrogens is 2. The van der Waals surface area contributed by atoms with Gasteiger partial charge in [0.2, 0.25) is 0 Å². The summed E-state index contributed by atoms with van der Waals surface area (Å²) >= 11 is 11.8. The number of benzene rings is 1. The van der Waals surface area contributed by atoms with Crippen LogP contribution in [0.2, 0.25) is 10.0 Å². The van der Waals surface area contributed by atoms with Crippen LogP contribution in [0.3, 0.4) is 0 Å². The first-order valence-electron chi connectivity index (χ1n) is 6.84. The van der Waals surface area contributed by atoms with Gasteiger partial charge >= 0.3 is 6.18 Å². The zero-order valence-corrected chi connectivity index (χ0v) is 13.5. The van der Waals surface area contributed by atoms with E-state index in [2.05, 4.69) is 10.4 Å². The van der Waals surface area contributed by atoms with Gasteiger partial charge in [-0.2, -0.15) is 18.3 Å². The Kier molecular flexibility index (Phi) is 4.13. The summed E-state index contributed by atoms with van der Waals surface area (Å²) in [6.45, 7) is 0. The molecular weight excluding hydrogens is 368 g/mol. The maximum Gasteiger partial charge on any atom is 0.410 e. The average Bonchev–Trinajstić information content (AvgIpc) is 2.92. The van der Waals surface area contributed by atoms with E-state index in [1.54, 1.807) is 6.07 Å². The quantitative estimate of drug-likeness (QED) is 0.830. The van der Waals surface area contributed by atoms with E-state index < -0.39 is 24.2 Å². The number of amides is 1. The third-order valence-corrected chi connectivity index (χ3v) is 4.53. The Hall–Kier alpha value is -1.93. The molecule has 1 amide bonds. The van der Waals surface area contributed by atoms with Gasteiger partial charge < -0.3 is 11.1 Å². The number of anilines is 1. The van der Waals surface area contributed by atoms with Crippen molar-refractivity contribution in [3.05, 3.63) is 45.6 Å². The first-order chi connectivity index (χ1) is 11.2. The van der Waals surface area contributed by atoms with E-state index in [0.717, 1.165) is 4.68 Å². The number of hydrogen-bond acceptors (Lipinski definition) is 3. The second-order valence-electron chi connectivity index (χ2n) is 5.39. The Morgan fingerprint density at radius 1 is 1.29 bits per heavy atom. The summed E-state index contributed by atoms with van der Waals surface area (Å²) in [5.74, 6) is -0.834. The molecule has 0 fully saturated rings. The molecule has 10 heteroatoms. The lowest BCUT2D eigenvalue weighted by Crippen LogP contribution is -2.35. The van der Waals surface area contributed by atoms with E-state index in [0.29, 0.717) is 10.6 Å². The third-order valence-electron chi connectivity index (χ3n) is 3.79. The molecule has 0 unspecified atom stereocenters. The predicted octanol–water partition coefficient (Wildman–Crippen LogP) is 3.95. The Labute approximate surface area is 144 Å². The number of nitrogens with one attached hydrogen (secondary N) is 1. The Bertz CT molecular complexity index is 806. The number of hydrogen-bond donors (Lipinski definition) is 2. The van der Waals surface area contributed by atoms with Crippen molar-refractivity contribution in [1.29, 1.82) is 0 Å². The van der Waals surface area contributed by atoms with E-state index in [1.807, 2.05) is 0 Å². The maximum atomic E-state index is 13.4. The molecule has 1 aliphatic heterocycles. The summed E-state index contributed by atoms with van der Waals surface area (Å²) in [5, 5.41) is 7.16. The van der Waals surface area contributed by atoms with Crippen molar-refractivity contribution < 1.29 is 18.0 Å². The minimum absolute atomic E-state index is 0.0634. The maximum absolute atomic E-state index is 13.4. The van der Waals surface area contributed by atoms with Gasteiger partial charge in [0, 0.05) is 12.5 Å². The smallest absolute Gasteiger partial charge is 0.364 e. The van der Waals surface area contributed by atoms with Crippen molar-refractivity contribution in [3.8, 4) is 0 Å². The highest BCUT2D eigenvalue weighted by Crippen LogP contribution is 2.44. The van der Waals surface area contributed by atoms with E-state index >= 15 is 0 Å². The summed E-state index contributed by atoms with van der Waals surface area (Å²) in [4.78, 5) is 11.2. The molecule has 2 atom stereocenters. The van der Waals surface area contributed by atoms with Crippen LogP contribution in [0.4, 0.5) is 19.0 Å². The van der Waals surface area contributed by atoms with Crippen LogP contribution in [0.15, 0.2) is 24.3 Å². The minimum atomic E-state index is -4.54. The highest BCUT2D eigenvalue weighted by molar-refractivity contribution is 6.42. The lowest BCUT2D eigenvalue weighted by atomic mass is 9.97. The molecule has 1 aromatic heterocycles. The monoisotopic (exact) mass is 378 g/mol. The second-order valence-corrected chi connectivity index (χ2v) is 6.20. The standard InChI is InChI=1S/C14H11Cl2F3N4O/c15-7-2-1-6(3-8(7)16)9-4-11(14(17,18)19)23-12(21-9)5-10(22-23)13(20)24/h1-3,5,9,11,21H,4H2,(H2,20,24)/t9-,11+/m0/s1. The molecule has 0 radical (unpaired) electrons. The van der Waals surface area contributed by atoms with Gasteiger partial charge in [0.25, 0.3) is 5.91 Å². The zero-order valence-electron chi connectivity index (χ0n) is 11.9. The lowest BCUT2D eigenvalue weighted by molar-refractivity contribution is -0.173. The van der Waals surface area contributed by atoms with Crippen LogP contribution in [-0.4, -0.2) is 21.9 Å². The Morgan fingerprint density at radius 2 is 2.00 bits per heavy atom. The number of primary amides is 1. The molecule has 2 heterocycles. The number of halogens is 5. The second kappa shape index (κ2) is 5.86. The molecule has 1 aromatic carbocycles. The van der Waals surface area contributed by atoms with Crippen molar-refractivity contribution in [2.24, 2.45) is 5.73 Å². The fourth-order valence-electron chi connectivity index (χ4n) is 2.64. The molecular formula is C14H11Cl2F3N4O. The summed E-state index contributed by atoms with van der Waals surface area (Å²) in [7, 11) is 0. The van der Waals surface area contributed by atoms with Gasteiger partial charge in [-0.25, -0.2) is 4.68 Å². The number of rotatable bonds is 2. The number of fused-ring (bicyclic) bond motifs is 1. The van der Waals surface area contributed by atoms with E-state index in [-0.39, 0.29) is 23.0 Å². The molecule has 0 saturated heterocycles. The number of alkyl halides is 3. The van der Waals surface area contributed by atoms with Gasteiger partial charge in [0.1, 0.15) is 5.82 Å². The molecule has 2 aromatic rings. The fourth-order valence-corrected chi connectivity index (χ4v) is 2.95. The molecule has 1 aliphatic rings. The average molecular weight is 379 g/mol. The molecule has 0 spiro atoms. The Morgan fingerprint density at radius 3 is 2.58 bits per heavy atom. The summed E-state index contributed by atoms with van der Waals surface area (Å²) < 4.78 is 41.0. The molecule has 128 valence electrons. The first kappa shape index (κ1) is 16.9. The number of carbonyl (C=O) groups is 1. The van der Waals surface area contributed by atoms with Gasteiger partial charge in [-0.3, -0.25) is 4.79 Å². The number of nitrogens with zero attached hydrogens (tertiary/aromatic N) is 2. The van der Waals surface area contributed by atoms with Gasteiger partial charge in [-0.15, -0.1) is 0 Å². The van der Waals surface area contributed by atoms with Gasteiger partial charge in [-0.1, -0.05) is 29.3 Å².